The topological polar surface area (TPSA) is 137 Å². The lowest BCUT2D eigenvalue weighted by Gasteiger charge is -2.27. The number of rotatable bonds is 4. The van der Waals surface area contributed by atoms with Gasteiger partial charge in [-0.15, -0.1) is 0 Å². The van der Waals surface area contributed by atoms with Crippen LogP contribution in [0.25, 0.3) is 5.69 Å². The number of nitrogens with zero attached hydrogens (tertiary/aromatic N) is 3. The highest BCUT2D eigenvalue weighted by atomic mass is 16.5. The fraction of sp³-hybridized carbons (Fsp3) is 0.300. The highest BCUT2D eigenvalue weighted by molar-refractivity contribution is 6.01. The van der Waals surface area contributed by atoms with Gasteiger partial charge in [-0.25, -0.2) is 9.59 Å². The molecule has 1 aromatic heterocycles. The van der Waals surface area contributed by atoms with Gasteiger partial charge in [-0.2, -0.15) is 5.26 Å². The fourth-order valence-corrected chi connectivity index (χ4v) is 3.20. The minimum Gasteiger partial charge on any atom is -0.465 e. The lowest BCUT2D eigenvalue weighted by molar-refractivity contribution is 0.0302. The summed E-state index contributed by atoms with van der Waals surface area (Å²) in [6.45, 7) is 1.75. The van der Waals surface area contributed by atoms with E-state index >= 15 is 0 Å². The van der Waals surface area contributed by atoms with Crippen molar-refractivity contribution in [2.45, 2.75) is 0 Å². The van der Waals surface area contributed by atoms with Crippen molar-refractivity contribution in [2.24, 2.45) is 0 Å². The normalized spacial score (nSPS) is 13.4. The number of carbonyl (C=O) groups excluding carboxylic acids is 3. The first-order valence-electron chi connectivity index (χ1n) is 9.01. The second-order valence-corrected chi connectivity index (χ2v) is 6.41. The van der Waals surface area contributed by atoms with Gasteiger partial charge in [0, 0.05) is 24.8 Å². The molecule has 0 spiro atoms. The van der Waals surface area contributed by atoms with Crippen molar-refractivity contribution in [1.82, 2.24) is 9.47 Å². The maximum Gasteiger partial charge on any atom is 0.357 e. The van der Waals surface area contributed by atoms with Crippen molar-refractivity contribution < 1.29 is 28.6 Å². The van der Waals surface area contributed by atoms with Crippen LogP contribution >= 0.6 is 0 Å². The minimum atomic E-state index is -0.797. The molecule has 30 heavy (non-hydrogen) atoms. The molecule has 3 rings (SSSR count). The molecular weight excluding hydrogens is 392 g/mol. The number of hydrogen-bond donors (Lipinski definition) is 1. The highest BCUT2D eigenvalue weighted by Crippen LogP contribution is 2.28. The number of ether oxygens (including phenoxy) is 3. The third kappa shape index (κ3) is 3.70. The van der Waals surface area contributed by atoms with Crippen LogP contribution in [-0.2, 0) is 14.2 Å². The number of anilines is 1. The lowest BCUT2D eigenvalue weighted by atomic mass is 10.1. The van der Waals surface area contributed by atoms with Gasteiger partial charge in [0.25, 0.3) is 5.91 Å². The Morgan fingerprint density at radius 3 is 2.40 bits per heavy atom. The highest BCUT2D eigenvalue weighted by Gasteiger charge is 2.26. The number of methoxy groups -OCH3 is 2. The Labute approximate surface area is 172 Å². The van der Waals surface area contributed by atoms with E-state index in [-0.39, 0.29) is 34.1 Å². The van der Waals surface area contributed by atoms with Gasteiger partial charge in [0.05, 0.1) is 49.9 Å². The minimum absolute atomic E-state index is 0.0242. The average molecular weight is 412 g/mol. The smallest absolute Gasteiger partial charge is 0.357 e. The number of morpholine rings is 1. The van der Waals surface area contributed by atoms with E-state index < -0.39 is 11.9 Å². The zero-order valence-corrected chi connectivity index (χ0v) is 16.5. The van der Waals surface area contributed by atoms with E-state index in [0.29, 0.717) is 31.9 Å². The Morgan fingerprint density at radius 1 is 1.13 bits per heavy atom. The number of nitriles is 1. The summed E-state index contributed by atoms with van der Waals surface area (Å²) in [7, 11) is 2.38. The van der Waals surface area contributed by atoms with Crippen LogP contribution in [0.4, 0.5) is 5.69 Å². The molecule has 0 bridgehead atoms. The summed E-state index contributed by atoms with van der Waals surface area (Å²) in [5, 5.41) is 9.34. The number of benzene rings is 1. The first kappa shape index (κ1) is 20.9. The van der Waals surface area contributed by atoms with E-state index in [1.165, 1.54) is 43.2 Å². The monoisotopic (exact) mass is 412 g/mol. The molecule has 1 aliphatic heterocycles. The molecule has 1 aromatic carbocycles. The van der Waals surface area contributed by atoms with E-state index in [9.17, 15) is 19.6 Å². The Balaban J connectivity index is 2.19. The predicted molar refractivity (Wildman–Crippen MR) is 104 cm³/mol. The molecule has 1 saturated heterocycles. The van der Waals surface area contributed by atoms with Gasteiger partial charge < -0.3 is 29.4 Å². The summed E-state index contributed by atoms with van der Waals surface area (Å²) in [5.41, 5.74) is 6.29. The van der Waals surface area contributed by atoms with Crippen molar-refractivity contribution in [1.29, 1.82) is 5.26 Å². The Morgan fingerprint density at radius 2 is 1.80 bits per heavy atom. The standard InChI is InChI=1S/C20H20N4O6/c1-28-19(26)14-4-3-12(18(25)23-5-7-30-8-6-23)9-15(14)24-11-13(10-21)16(22)17(24)20(27)29-2/h3-4,9,11H,5-8,22H2,1-2H3. The molecule has 0 atom stereocenters. The lowest BCUT2D eigenvalue weighted by Crippen LogP contribution is -2.40. The zero-order valence-electron chi connectivity index (χ0n) is 16.5. The number of nitrogens with two attached hydrogens (primary N) is 1. The second-order valence-electron chi connectivity index (χ2n) is 6.41. The van der Waals surface area contributed by atoms with Crippen LogP contribution in [-0.4, -0.2) is 67.8 Å². The third-order valence-electron chi connectivity index (χ3n) is 4.75. The van der Waals surface area contributed by atoms with Crippen molar-refractivity contribution in [2.75, 3.05) is 46.3 Å². The summed E-state index contributed by atoms with van der Waals surface area (Å²) in [4.78, 5) is 39.2. The molecule has 0 saturated carbocycles. The molecule has 0 radical (unpaired) electrons. The van der Waals surface area contributed by atoms with Gasteiger partial charge >= 0.3 is 11.9 Å². The van der Waals surface area contributed by atoms with Gasteiger partial charge in [0.15, 0.2) is 5.69 Å². The summed E-state index contributed by atoms with van der Waals surface area (Å²) in [6, 6.07) is 6.29. The molecule has 0 aliphatic carbocycles. The molecule has 1 amide bonds. The van der Waals surface area contributed by atoms with Crippen LogP contribution in [0.3, 0.4) is 0 Å². The van der Waals surface area contributed by atoms with E-state index in [0.717, 1.165) is 0 Å². The van der Waals surface area contributed by atoms with Gasteiger partial charge in [-0.1, -0.05) is 0 Å². The molecule has 0 unspecified atom stereocenters. The number of amides is 1. The molecule has 2 heterocycles. The summed E-state index contributed by atoms with van der Waals surface area (Å²) in [5.74, 6) is -1.73. The summed E-state index contributed by atoms with van der Waals surface area (Å²) in [6.07, 6.45) is 1.31. The second kappa shape index (κ2) is 8.67. The van der Waals surface area contributed by atoms with E-state index in [2.05, 4.69) is 0 Å². The molecule has 2 N–H and O–H groups in total. The van der Waals surface area contributed by atoms with Gasteiger partial charge in [-0.05, 0) is 18.2 Å². The Hall–Kier alpha value is -3.84. The van der Waals surface area contributed by atoms with Crippen LogP contribution in [0.1, 0.15) is 36.8 Å². The third-order valence-corrected chi connectivity index (χ3v) is 4.75. The van der Waals surface area contributed by atoms with Crippen molar-refractivity contribution in [3.05, 3.63) is 46.8 Å². The number of nitrogen functional groups attached to an aromatic ring is 1. The van der Waals surface area contributed by atoms with Crippen LogP contribution in [0.15, 0.2) is 24.4 Å². The largest absolute Gasteiger partial charge is 0.465 e. The average Bonchev–Trinajstić information content (AvgIpc) is 3.13. The fourth-order valence-electron chi connectivity index (χ4n) is 3.20. The van der Waals surface area contributed by atoms with Crippen LogP contribution in [0, 0.1) is 11.3 Å². The Kier molecular flexibility index (Phi) is 6.03. The van der Waals surface area contributed by atoms with E-state index in [1.807, 2.05) is 6.07 Å². The number of aromatic nitrogens is 1. The quantitative estimate of drug-likeness (QED) is 0.734. The summed E-state index contributed by atoms with van der Waals surface area (Å²) < 4.78 is 16.1. The van der Waals surface area contributed by atoms with E-state index in [1.54, 1.807) is 4.90 Å². The van der Waals surface area contributed by atoms with Gasteiger partial charge in [-0.3, -0.25) is 4.79 Å². The maximum atomic E-state index is 12.9. The molecule has 10 nitrogen and oxygen atoms in total. The molecule has 156 valence electrons. The molecule has 2 aromatic rings. The van der Waals surface area contributed by atoms with Crippen LogP contribution in [0.5, 0.6) is 0 Å². The van der Waals surface area contributed by atoms with Gasteiger partial charge in [0.2, 0.25) is 0 Å². The molecule has 1 aliphatic rings. The van der Waals surface area contributed by atoms with E-state index in [4.69, 9.17) is 19.9 Å². The summed E-state index contributed by atoms with van der Waals surface area (Å²) >= 11 is 0. The zero-order chi connectivity index (χ0) is 21.8. The number of esters is 2. The van der Waals surface area contributed by atoms with Crippen LogP contribution < -0.4 is 5.73 Å². The maximum absolute atomic E-state index is 12.9. The van der Waals surface area contributed by atoms with Gasteiger partial charge in [0.1, 0.15) is 6.07 Å². The Bertz CT molecular complexity index is 1050. The van der Waals surface area contributed by atoms with Crippen molar-refractivity contribution in [3.8, 4) is 11.8 Å². The molecule has 1 fully saturated rings. The number of carbonyl (C=O) groups is 3. The van der Waals surface area contributed by atoms with Crippen LogP contribution in [0.2, 0.25) is 0 Å². The van der Waals surface area contributed by atoms with Crippen molar-refractivity contribution >= 4 is 23.5 Å². The predicted octanol–water partition coefficient (Wildman–Crippen LogP) is 0.977. The number of hydrogen-bond acceptors (Lipinski definition) is 8. The molecule has 10 heteroatoms. The SMILES string of the molecule is COC(=O)c1ccc(C(=O)N2CCOCC2)cc1-n1cc(C#N)c(N)c1C(=O)OC. The van der Waals surface area contributed by atoms with Crippen molar-refractivity contribution in [3.63, 3.8) is 0 Å². The first-order chi connectivity index (χ1) is 14.4. The first-order valence-corrected chi connectivity index (χ1v) is 9.01. The molecular formula is C20H20N4O6.